The molecule has 0 bridgehead atoms. The fourth-order valence-electron chi connectivity index (χ4n) is 2.48. The number of hydrogen-bond acceptors (Lipinski definition) is 2. The maximum Gasteiger partial charge on any atom is 0.247 e. The highest BCUT2D eigenvalue weighted by atomic mass is 19.1. The molecule has 0 fully saturated rings. The van der Waals surface area contributed by atoms with Crippen molar-refractivity contribution in [1.29, 1.82) is 0 Å². The Morgan fingerprint density at radius 1 is 1.14 bits per heavy atom. The van der Waals surface area contributed by atoms with Gasteiger partial charge in [0, 0.05) is 5.69 Å². The first-order valence-electron chi connectivity index (χ1n) is 6.97. The molecule has 1 unspecified atom stereocenters. The Bertz CT molecular complexity index is 598. The Labute approximate surface area is 124 Å². The van der Waals surface area contributed by atoms with Crippen molar-refractivity contribution >= 4 is 11.6 Å². The summed E-state index contributed by atoms with van der Waals surface area (Å²) in [6.45, 7) is 1.99. The van der Waals surface area contributed by atoms with E-state index >= 15 is 0 Å². The highest BCUT2D eigenvalue weighted by Gasteiger charge is 2.37. The van der Waals surface area contributed by atoms with Crippen molar-refractivity contribution in [2.45, 2.75) is 25.3 Å². The molecule has 110 valence electrons. The lowest BCUT2D eigenvalue weighted by Gasteiger charge is -2.33. The standard InChI is InChI=1S/C17H19FN2O/c1-2-12-17(16(19)21,13-6-4-3-5-7-13)20-15-10-8-14(18)9-11-15/h3-11,20H,2,12H2,1H3,(H2,19,21). The van der Waals surface area contributed by atoms with Gasteiger partial charge in [-0.05, 0) is 36.2 Å². The van der Waals surface area contributed by atoms with Crippen LogP contribution in [0.15, 0.2) is 54.6 Å². The molecule has 1 atom stereocenters. The first kappa shape index (κ1) is 15.0. The molecule has 21 heavy (non-hydrogen) atoms. The van der Waals surface area contributed by atoms with Gasteiger partial charge in [0.1, 0.15) is 11.4 Å². The van der Waals surface area contributed by atoms with Gasteiger partial charge in [-0.1, -0.05) is 43.7 Å². The number of primary amides is 1. The molecule has 4 heteroatoms. The number of carbonyl (C=O) groups is 1. The van der Waals surface area contributed by atoms with Crippen LogP contribution in [0.4, 0.5) is 10.1 Å². The van der Waals surface area contributed by atoms with Gasteiger partial charge < -0.3 is 11.1 Å². The largest absolute Gasteiger partial charge is 0.368 e. The van der Waals surface area contributed by atoms with E-state index in [4.69, 9.17) is 5.73 Å². The van der Waals surface area contributed by atoms with E-state index in [-0.39, 0.29) is 5.82 Å². The van der Waals surface area contributed by atoms with Crippen molar-refractivity contribution < 1.29 is 9.18 Å². The summed E-state index contributed by atoms with van der Waals surface area (Å²) >= 11 is 0. The summed E-state index contributed by atoms with van der Waals surface area (Å²) in [6.07, 6.45) is 1.34. The second-order valence-corrected chi connectivity index (χ2v) is 5.02. The number of nitrogens with one attached hydrogen (secondary N) is 1. The predicted octanol–water partition coefficient (Wildman–Crippen LogP) is 3.42. The van der Waals surface area contributed by atoms with Gasteiger partial charge in [0.2, 0.25) is 5.91 Å². The van der Waals surface area contributed by atoms with E-state index in [1.165, 1.54) is 12.1 Å². The monoisotopic (exact) mass is 286 g/mol. The zero-order valence-electron chi connectivity index (χ0n) is 12.0. The van der Waals surface area contributed by atoms with Crippen LogP contribution >= 0.6 is 0 Å². The summed E-state index contributed by atoms with van der Waals surface area (Å²) in [7, 11) is 0. The summed E-state index contributed by atoms with van der Waals surface area (Å²) in [4.78, 5) is 12.2. The van der Waals surface area contributed by atoms with Crippen LogP contribution in [0.2, 0.25) is 0 Å². The van der Waals surface area contributed by atoms with Crippen LogP contribution in [0.1, 0.15) is 25.3 Å². The van der Waals surface area contributed by atoms with E-state index in [0.717, 1.165) is 12.0 Å². The van der Waals surface area contributed by atoms with Gasteiger partial charge in [0.15, 0.2) is 0 Å². The van der Waals surface area contributed by atoms with Crippen LogP contribution < -0.4 is 11.1 Å². The third kappa shape index (κ3) is 3.21. The first-order valence-corrected chi connectivity index (χ1v) is 6.97. The van der Waals surface area contributed by atoms with E-state index in [1.807, 2.05) is 37.3 Å². The van der Waals surface area contributed by atoms with Crippen LogP contribution in [-0.4, -0.2) is 5.91 Å². The second kappa shape index (κ2) is 6.39. The van der Waals surface area contributed by atoms with E-state index in [9.17, 15) is 9.18 Å². The Hall–Kier alpha value is -2.36. The second-order valence-electron chi connectivity index (χ2n) is 5.02. The molecule has 2 aromatic carbocycles. The maximum absolute atomic E-state index is 13.0. The molecule has 0 saturated heterocycles. The van der Waals surface area contributed by atoms with Crippen LogP contribution in [0.5, 0.6) is 0 Å². The molecule has 0 aliphatic rings. The van der Waals surface area contributed by atoms with Crippen LogP contribution in [0.3, 0.4) is 0 Å². The van der Waals surface area contributed by atoms with Crippen molar-refractivity contribution in [3.05, 3.63) is 66.0 Å². The molecule has 0 radical (unpaired) electrons. The zero-order chi connectivity index (χ0) is 15.3. The molecule has 1 amide bonds. The van der Waals surface area contributed by atoms with Crippen LogP contribution in [-0.2, 0) is 10.3 Å². The lowest BCUT2D eigenvalue weighted by Crippen LogP contribution is -2.47. The van der Waals surface area contributed by atoms with E-state index in [0.29, 0.717) is 12.1 Å². The van der Waals surface area contributed by atoms with Crippen molar-refractivity contribution in [1.82, 2.24) is 0 Å². The summed E-state index contributed by atoms with van der Waals surface area (Å²) in [5.74, 6) is -0.764. The van der Waals surface area contributed by atoms with Gasteiger partial charge in [0.05, 0.1) is 0 Å². The molecule has 2 rings (SSSR count). The van der Waals surface area contributed by atoms with E-state index in [2.05, 4.69) is 5.32 Å². The predicted molar refractivity (Wildman–Crippen MR) is 82.2 cm³/mol. The number of anilines is 1. The summed E-state index contributed by atoms with van der Waals surface area (Å²) < 4.78 is 13.0. The Kier molecular flexibility index (Phi) is 4.58. The van der Waals surface area contributed by atoms with Gasteiger partial charge >= 0.3 is 0 Å². The molecular weight excluding hydrogens is 267 g/mol. The molecule has 0 aliphatic heterocycles. The van der Waals surface area contributed by atoms with Gasteiger partial charge in [-0.2, -0.15) is 0 Å². The number of hydrogen-bond donors (Lipinski definition) is 2. The molecule has 3 N–H and O–H groups in total. The lowest BCUT2D eigenvalue weighted by molar-refractivity contribution is -0.122. The topological polar surface area (TPSA) is 55.1 Å². The average Bonchev–Trinajstić information content (AvgIpc) is 2.49. The van der Waals surface area contributed by atoms with Crippen LogP contribution in [0, 0.1) is 5.82 Å². The SMILES string of the molecule is CCCC(Nc1ccc(F)cc1)(C(N)=O)c1ccccc1. The number of rotatable bonds is 6. The normalized spacial score (nSPS) is 13.4. The summed E-state index contributed by atoms with van der Waals surface area (Å²) in [5, 5.41) is 3.20. The fourth-order valence-corrected chi connectivity index (χ4v) is 2.48. The Morgan fingerprint density at radius 3 is 2.29 bits per heavy atom. The minimum absolute atomic E-state index is 0.319. The molecule has 0 aromatic heterocycles. The summed E-state index contributed by atoms with van der Waals surface area (Å²) in [6, 6.07) is 15.3. The molecule has 0 spiro atoms. The van der Waals surface area contributed by atoms with E-state index in [1.54, 1.807) is 12.1 Å². The Morgan fingerprint density at radius 2 is 1.76 bits per heavy atom. The van der Waals surface area contributed by atoms with Crippen molar-refractivity contribution in [3.63, 3.8) is 0 Å². The van der Waals surface area contributed by atoms with Gasteiger partial charge in [0.25, 0.3) is 0 Å². The van der Waals surface area contributed by atoms with Gasteiger partial charge in [-0.15, -0.1) is 0 Å². The van der Waals surface area contributed by atoms with E-state index < -0.39 is 11.4 Å². The quantitative estimate of drug-likeness (QED) is 0.855. The highest BCUT2D eigenvalue weighted by Crippen LogP contribution is 2.31. The fraction of sp³-hybridized carbons (Fsp3) is 0.235. The number of nitrogens with two attached hydrogens (primary N) is 1. The highest BCUT2D eigenvalue weighted by molar-refractivity contribution is 5.89. The van der Waals surface area contributed by atoms with Crippen molar-refractivity contribution in [3.8, 4) is 0 Å². The number of benzene rings is 2. The third-order valence-corrected chi connectivity index (χ3v) is 3.51. The molecular formula is C17H19FN2O. The summed E-state index contributed by atoms with van der Waals surface area (Å²) in [5.41, 5.74) is 6.17. The van der Waals surface area contributed by atoms with Gasteiger partial charge in [-0.3, -0.25) is 4.79 Å². The van der Waals surface area contributed by atoms with Gasteiger partial charge in [-0.25, -0.2) is 4.39 Å². The minimum Gasteiger partial charge on any atom is -0.368 e. The minimum atomic E-state index is -0.992. The molecule has 2 aromatic rings. The third-order valence-electron chi connectivity index (χ3n) is 3.51. The molecule has 0 saturated carbocycles. The Balaban J connectivity index is 2.44. The van der Waals surface area contributed by atoms with Crippen molar-refractivity contribution in [2.24, 2.45) is 5.73 Å². The average molecular weight is 286 g/mol. The number of halogens is 1. The smallest absolute Gasteiger partial charge is 0.247 e. The lowest BCUT2D eigenvalue weighted by atomic mass is 9.84. The maximum atomic E-state index is 13.0. The zero-order valence-corrected chi connectivity index (χ0v) is 12.0. The van der Waals surface area contributed by atoms with Crippen LogP contribution in [0.25, 0.3) is 0 Å². The molecule has 0 aliphatic carbocycles. The number of amides is 1. The molecule has 0 heterocycles. The molecule has 3 nitrogen and oxygen atoms in total. The van der Waals surface area contributed by atoms with Crippen molar-refractivity contribution in [2.75, 3.05) is 5.32 Å². The number of carbonyl (C=O) groups excluding carboxylic acids is 1. The first-order chi connectivity index (χ1) is 10.1.